The van der Waals surface area contributed by atoms with Crippen LogP contribution in [0.4, 0.5) is 0 Å². The fraction of sp³-hybridized carbons (Fsp3) is 0.375. The largest absolute Gasteiger partial charge is 0.489 e. The Morgan fingerprint density at radius 2 is 2.08 bits per heavy atom. The Kier molecular flexibility index (Phi) is 1.98. The molecule has 0 aromatic carbocycles. The Balaban J connectivity index is 2.42. The SMILES string of the molecule is O=c1ccc(B(O)O)cn1C1CC1. The van der Waals surface area contributed by atoms with Crippen LogP contribution in [0.3, 0.4) is 0 Å². The lowest BCUT2D eigenvalue weighted by Gasteiger charge is -2.05. The maximum Gasteiger partial charge on any atom is 0.489 e. The van der Waals surface area contributed by atoms with Crippen LogP contribution >= 0.6 is 0 Å². The molecule has 0 bridgehead atoms. The Bertz CT molecular complexity index is 370. The maximum absolute atomic E-state index is 11.3. The summed E-state index contributed by atoms with van der Waals surface area (Å²) in [7, 11) is -1.49. The van der Waals surface area contributed by atoms with E-state index in [-0.39, 0.29) is 11.6 Å². The second-order valence-corrected chi connectivity index (χ2v) is 3.31. The van der Waals surface area contributed by atoms with E-state index < -0.39 is 7.12 Å². The first-order valence-corrected chi connectivity index (χ1v) is 4.27. The molecule has 68 valence electrons. The van der Waals surface area contributed by atoms with E-state index in [0.29, 0.717) is 5.46 Å². The molecule has 1 aliphatic rings. The van der Waals surface area contributed by atoms with Gasteiger partial charge >= 0.3 is 7.12 Å². The van der Waals surface area contributed by atoms with E-state index in [1.807, 2.05) is 0 Å². The summed E-state index contributed by atoms with van der Waals surface area (Å²) in [4.78, 5) is 11.3. The molecule has 2 rings (SSSR count). The molecule has 5 heteroatoms. The predicted octanol–water partition coefficient (Wildman–Crippen LogP) is -1.14. The fourth-order valence-corrected chi connectivity index (χ4v) is 1.31. The van der Waals surface area contributed by atoms with E-state index >= 15 is 0 Å². The molecule has 0 saturated heterocycles. The average molecular weight is 179 g/mol. The zero-order valence-corrected chi connectivity index (χ0v) is 7.05. The van der Waals surface area contributed by atoms with Gasteiger partial charge in [0.15, 0.2) is 0 Å². The molecule has 1 aromatic heterocycles. The zero-order chi connectivity index (χ0) is 9.42. The minimum atomic E-state index is -1.49. The van der Waals surface area contributed by atoms with Gasteiger partial charge in [-0.15, -0.1) is 0 Å². The summed E-state index contributed by atoms with van der Waals surface area (Å²) in [5.41, 5.74) is 0.290. The van der Waals surface area contributed by atoms with Gasteiger partial charge in [-0.2, -0.15) is 0 Å². The van der Waals surface area contributed by atoms with Crippen LogP contribution in [0.15, 0.2) is 23.1 Å². The van der Waals surface area contributed by atoms with Crippen molar-refractivity contribution < 1.29 is 10.0 Å². The molecular weight excluding hydrogens is 169 g/mol. The Hall–Kier alpha value is -1.07. The molecule has 1 fully saturated rings. The van der Waals surface area contributed by atoms with Crippen LogP contribution in [-0.4, -0.2) is 21.7 Å². The van der Waals surface area contributed by atoms with Crippen molar-refractivity contribution in [3.63, 3.8) is 0 Å². The molecule has 2 N–H and O–H groups in total. The molecule has 0 aliphatic heterocycles. The van der Waals surface area contributed by atoms with Crippen LogP contribution in [0.2, 0.25) is 0 Å². The number of pyridine rings is 1. The van der Waals surface area contributed by atoms with Crippen molar-refractivity contribution in [2.45, 2.75) is 18.9 Å². The standard InChI is InChI=1S/C8H10BNO3/c11-8-4-1-6(9(12)13)5-10(8)7-2-3-7/h1,4-5,7,12-13H,2-3H2. The van der Waals surface area contributed by atoms with Gasteiger partial charge in [0, 0.05) is 18.3 Å². The average Bonchev–Trinajstić information content (AvgIpc) is 2.87. The minimum Gasteiger partial charge on any atom is -0.423 e. The second kappa shape index (κ2) is 3.01. The summed E-state index contributed by atoms with van der Waals surface area (Å²) < 4.78 is 1.56. The fourth-order valence-electron chi connectivity index (χ4n) is 1.31. The molecule has 1 aliphatic carbocycles. The molecule has 4 nitrogen and oxygen atoms in total. The van der Waals surface area contributed by atoms with Crippen LogP contribution in [0.25, 0.3) is 0 Å². The van der Waals surface area contributed by atoms with Crippen molar-refractivity contribution in [1.29, 1.82) is 0 Å². The van der Waals surface area contributed by atoms with Crippen molar-refractivity contribution in [1.82, 2.24) is 4.57 Å². The van der Waals surface area contributed by atoms with Gasteiger partial charge in [0.25, 0.3) is 5.56 Å². The lowest BCUT2D eigenvalue weighted by molar-refractivity contribution is 0.425. The molecule has 1 saturated carbocycles. The highest BCUT2D eigenvalue weighted by molar-refractivity contribution is 6.58. The smallest absolute Gasteiger partial charge is 0.423 e. The van der Waals surface area contributed by atoms with Crippen molar-refractivity contribution in [2.75, 3.05) is 0 Å². The van der Waals surface area contributed by atoms with E-state index in [0.717, 1.165) is 12.8 Å². The Labute approximate surface area is 75.6 Å². The first-order chi connectivity index (χ1) is 6.18. The third-order valence-electron chi connectivity index (χ3n) is 2.20. The molecule has 0 unspecified atom stereocenters. The van der Waals surface area contributed by atoms with E-state index in [2.05, 4.69) is 0 Å². The number of rotatable bonds is 2. The Morgan fingerprint density at radius 3 is 2.62 bits per heavy atom. The number of nitrogens with zero attached hydrogens (tertiary/aromatic N) is 1. The molecule has 13 heavy (non-hydrogen) atoms. The van der Waals surface area contributed by atoms with Gasteiger partial charge < -0.3 is 14.6 Å². The second-order valence-electron chi connectivity index (χ2n) is 3.31. The summed E-state index contributed by atoms with van der Waals surface area (Å²) in [6.45, 7) is 0. The summed E-state index contributed by atoms with van der Waals surface area (Å²) in [6.07, 6.45) is 3.53. The molecule has 1 aromatic rings. The molecule has 1 heterocycles. The lowest BCUT2D eigenvalue weighted by atomic mass is 9.82. The maximum atomic E-state index is 11.3. The monoisotopic (exact) mass is 179 g/mol. The van der Waals surface area contributed by atoms with Gasteiger partial charge in [0.05, 0.1) is 0 Å². The molecule has 0 atom stereocenters. The molecule has 0 spiro atoms. The molecule has 0 radical (unpaired) electrons. The quantitative estimate of drug-likeness (QED) is 0.564. The first-order valence-electron chi connectivity index (χ1n) is 4.27. The van der Waals surface area contributed by atoms with Gasteiger partial charge in [0.1, 0.15) is 0 Å². The first kappa shape index (κ1) is 8.53. The van der Waals surface area contributed by atoms with Crippen molar-refractivity contribution >= 4 is 12.6 Å². The highest BCUT2D eigenvalue weighted by Crippen LogP contribution is 2.32. The lowest BCUT2D eigenvalue weighted by Crippen LogP contribution is -2.34. The third-order valence-corrected chi connectivity index (χ3v) is 2.20. The topological polar surface area (TPSA) is 62.5 Å². The highest BCUT2D eigenvalue weighted by Gasteiger charge is 2.25. The van der Waals surface area contributed by atoms with Crippen molar-refractivity contribution in [3.05, 3.63) is 28.7 Å². The summed E-state index contributed by atoms with van der Waals surface area (Å²) in [5, 5.41) is 17.8. The van der Waals surface area contributed by atoms with Gasteiger partial charge in [-0.1, -0.05) is 6.07 Å². The molecule has 0 amide bonds. The van der Waals surface area contributed by atoms with Gasteiger partial charge in [0.2, 0.25) is 0 Å². The van der Waals surface area contributed by atoms with Crippen molar-refractivity contribution in [2.24, 2.45) is 0 Å². The van der Waals surface area contributed by atoms with Crippen LogP contribution in [0, 0.1) is 0 Å². The van der Waals surface area contributed by atoms with Crippen LogP contribution in [-0.2, 0) is 0 Å². The van der Waals surface area contributed by atoms with E-state index in [1.165, 1.54) is 18.3 Å². The zero-order valence-electron chi connectivity index (χ0n) is 7.05. The third kappa shape index (κ3) is 1.66. The van der Waals surface area contributed by atoms with Gasteiger partial charge in [-0.3, -0.25) is 4.79 Å². The van der Waals surface area contributed by atoms with E-state index in [1.54, 1.807) is 4.57 Å². The van der Waals surface area contributed by atoms with Gasteiger partial charge in [-0.25, -0.2) is 0 Å². The number of aromatic nitrogens is 1. The predicted molar refractivity (Wildman–Crippen MR) is 48.8 cm³/mol. The number of hydrogen-bond acceptors (Lipinski definition) is 3. The van der Waals surface area contributed by atoms with Gasteiger partial charge in [-0.05, 0) is 18.3 Å². The summed E-state index contributed by atoms with van der Waals surface area (Å²) in [5.74, 6) is 0. The number of hydrogen-bond donors (Lipinski definition) is 2. The molecular formula is C8H10BNO3. The summed E-state index contributed by atoms with van der Waals surface area (Å²) >= 11 is 0. The van der Waals surface area contributed by atoms with Crippen LogP contribution in [0.1, 0.15) is 18.9 Å². The van der Waals surface area contributed by atoms with Crippen LogP contribution < -0.4 is 11.0 Å². The normalized spacial score (nSPS) is 15.8. The minimum absolute atomic E-state index is 0.0769. The van der Waals surface area contributed by atoms with E-state index in [4.69, 9.17) is 10.0 Å². The van der Waals surface area contributed by atoms with Crippen LogP contribution in [0.5, 0.6) is 0 Å². The summed E-state index contributed by atoms with van der Waals surface area (Å²) in [6, 6.07) is 3.07. The highest BCUT2D eigenvalue weighted by atomic mass is 16.4. The van der Waals surface area contributed by atoms with E-state index in [9.17, 15) is 4.79 Å². The Morgan fingerprint density at radius 1 is 1.38 bits per heavy atom. The van der Waals surface area contributed by atoms with Crippen molar-refractivity contribution in [3.8, 4) is 0 Å².